The smallest absolute Gasteiger partial charge is 0.132 e. The Labute approximate surface area is 113 Å². The van der Waals surface area contributed by atoms with Crippen LogP contribution in [-0.4, -0.2) is 25.1 Å². The van der Waals surface area contributed by atoms with Gasteiger partial charge in [-0.25, -0.2) is 0 Å². The first-order valence-corrected chi connectivity index (χ1v) is 6.72. The molecule has 19 heavy (non-hydrogen) atoms. The van der Waals surface area contributed by atoms with Gasteiger partial charge in [0.05, 0.1) is 19.9 Å². The van der Waals surface area contributed by atoms with E-state index in [0.29, 0.717) is 0 Å². The molecule has 0 unspecified atom stereocenters. The highest BCUT2D eigenvalue weighted by atomic mass is 16.5. The number of nitrogens with zero attached hydrogens (tertiary/aromatic N) is 1. The van der Waals surface area contributed by atoms with Crippen molar-refractivity contribution in [3.63, 3.8) is 0 Å². The van der Waals surface area contributed by atoms with Crippen LogP contribution in [0.1, 0.15) is 43.2 Å². The molecule has 0 aliphatic heterocycles. The van der Waals surface area contributed by atoms with Gasteiger partial charge in [0.15, 0.2) is 0 Å². The quantitative estimate of drug-likeness (QED) is 0.657. The lowest BCUT2D eigenvalue weighted by molar-refractivity contribution is 0.316. The molecule has 0 amide bonds. The lowest BCUT2D eigenvalue weighted by atomic mass is 9.80. The molecule has 2 aliphatic rings. The van der Waals surface area contributed by atoms with E-state index in [1.54, 1.807) is 14.2 Å². The molecule has 4 heteroatoms. The van der Waals surface area contributed by atoms with Crippen LogP contribution in [0.5, 0.6) is 11.5 Å². The first-order chi connectivity index (χ1) is 9.24. The highest BCUT2D eigenvalue weighted by molar-refractivity contribution is 6.08. The molecule has 1 fully saturated rings. The number of rotatable bonds is 2. The van der Waals surface area contributed by atoms with Gasteiger partial charge in [-0.05, 0) is 24.5 Å². The Balaban J connectivity index is 2.23. The van der Waals surface area contributed by atoms with Crippen LogP contribution in [-0.2, 0) is 5.41 Å². The molecule has 1 aromatic rings. The zero-order valence-electron chi connectivity index (χ0n) is 11.4. The number of hydrogen-bond donors (Lipinski definition) is 1. The maximum atomic E-state index is 9.30. The molecule has 4 nitrogen and oxygen atoms in total. The van der Waals surface area contributed by atoms with E-state index in [-0.39, 0.29) is 5.41 Å². The second-order valence-electron chi connectivity index (χ2n) is 5.46. The Morgan fingerprint density at radius 3 is 2.47 bits per heavy atom. The topological polar surface area (TPSA) is 51.0 Å². The molecule has 1 N–H and O–H groups in total. The number of benzene rings is 1. The first-order valence-electron chi connectivity index (χ1n) is 6.72. The highest BCUT2D eigenvalue weighted by Gasteiger charge is 2.46. The number of ether oxygens (including phenoxy) is 2. The molecule has 0 bridgehead atoms. The van der Waals surface area contributed by atoms with E-state index >= 15 is 0 Å². The Bertz CT molecular complexity index is 530. The van der Waals surface area contributed by atoms with Crippen LogP contribution in [0.4, 0.5) is 0 Å². The van der Waals surface area contributed by atoms with Gasteiger partial charge in [0.2, 0.25) is 0 Å². The summed E-state index contributed by atoms with van der Waals surface area (Å²) in [4.78, 5) is 0. The van der Waals surface area contributed by atoms with Crippen molar-refractivity contribution >= 4 is 5.71 Å². The number of fused-ring (bicyclic) bond motifs is 2. The lowest BCUT2D eigenvalue weighted by Gasteiger charge is -2.24. The Kier molecular flexibility index (Phi) is 2.88. The minimum atomic E-state index is 0.124. The van der Waals surface area contributed by atoms with Crippen LogP contribution in [0.3, 0.4) is 0 Å². The number of oxime groups is 1. The van der Waals surface area contributed by atoms with Crippen molar-refractivity contribution in [2.24, 2.45) is 5.16 Å². The zero-order valence-corrected chi connectivity index (χ0v) is 11.4. The van der Waals surface area contributed by atoms with Crippen LogP contribution in [0.25, 0.3) is 0 Å². The van der Waals surface area contributed by atoms with E-state index in [9.17, 15) is 5.21 Å². The molecular weight excluding hydrogens is 242 g/mol. The molecule has 1 spiro atoms. The Morgan fingerprint density at radius 2 is 1.89 bits per heavy atom. The van der Waals surface area contributed by atoms with Gasteiger partial charge in [0.25, 0.3) is 0 Å². The van der Waals surface area contributed by atoms with Crippen LogP contribution in [0, 0.1) is 0 Å². The molecule has 102 valence electrons. The van der Waals surface area contributed by atoms with Crippen molar-refractivity contribution in [3.8, 4) is 11.5 Å². The highest BCUT2D eigenvalue weighted by Crippen LogP contribution is 2.53. The minimum absolute atomic E-state index is 0.124. The van der Waals surface area contributed by atoms with Gasteiger partial charge < -0.3 is 14.7 Å². The van der Waals surface area contributed by atoms with Crippen LogP contribution in [0.15, 0.2) is 17.3 Å². The minimum Gasteiger partial charge on any atom is -0.497 e. The van der Waals surface area contributed by atoms with Gasteiger partial charge in [-0.2, -0.15) is 0 Å². The largest absolute Gasteiger partial charge is 0.497 e. The fourth-order valence-corrected chi connectivity index (χ4v) is 3.67. The summed E-state index contributed by atoms with van der Waals surface area (Å²) in [6.07, 6.45) is 5.57. The summed E-state index contributed by atoms with van der Waals surface area (Å²) in [5.41, 5.74) is 3.07. The first kappa shape index (κ1) is 12.3. The van der Waals surface area contributed by atoms with Gasteiger partial charge in [-0.3, -0.25) is 0 Å². The van der Waals surface area contributed by atoms with Crippen LogP contribution < -0.4 is 9.47 Å². The molecule has 3 rings (SSSR count). The van der Waals surface area contributed by atoms with Crippen molar-refractivity contribution in [2.45, 2.75) is 37.5 Å². The van der Waals surface area contributed by atoms with Crippen LogP contribution >= 0.6 is 0 Å². The third-order valence-corrected chi connectivity index (χ3v) is 4.58. The van der Waals surface area contributed by atoms with E-state index in [2.05, 4.69) is 11.2 Å². The normalized spacial score (nSPS) is 21.9. The second kappa shape index (κ2) is 4.44. The van der Waals surface area contributed by atoms with E-state index in [1.807, 2.05) is 6.07 Å². The predicted molar refractivity (Wildman–Crippen MR) is 72.6 cm³/mol. The molecule has 2 aliphatic carbocycles. The summed E-state index contributed by atoms with van der Waals surface area (Å²) in [5.74, 6) is 1.55. The predicted octanol–water partition coefficient (Wildman–Crippen LogP) is 3.10. The van der Waals surface area contributed by atoms with Crippen molar-refractivity contribution in [1.82, 2.24) is 0 Å². The Morgan fingerprint density at radius 1 is 1.16 bits per heavy atom. The van der Waals surface area contributed by atoms with E-state index in [0.717, 1.165) is 42.0 Å². The second-order valence-corrected chi connectivity index (χ2v) is 5.46. The van der Waals surface area contributed by atoms with Crippen molar-refractivity contribution < 1.29 is 14.7 Å². The fraction of sp³-hybridized carbons (Fsp3) is 0.533. The SMILES string of the molecule is COc1cc(OC)c2c(c1)C1(CCCC1)C/C2=N/O. The summed E-state index contributed by atoms with van der Waals surface area (Å²) >= 11 is 0. The Hall–Kier alpha value is -1.71. The monoisotopic (exact) mass is 261 g/mol. The van der Waals surface area contributed by atoms with E-state index < -0.39 is 0 Å². The number of methoxy groups -OCH3 is 2. The zero-order chi connectivity index (χ0) is 13.5. The van der Waals surface area contributed by atoms with Crippen molar-refractivity contribution in [3.05, 3.63) is 23.3 Å². The van der Waals surface area contributed by atoms with Crippen molar-refractivity contribution in [1.29, 1.82) is 0 Å². The molecule has 0 atom stereocenters. The van der Waals surface area contributed by atoms with Gasteiger partial charge in [-0.1, -0.05) is 18.0 Å². The maximum Gasteiger partial charge on any atom is 0.132 e. The third kappa shape index (κ3) is 1.70. The van der Waals surface area contributed by atoms with Crippen LogP contribution in [0.2, 0.25) is 0 Å². The summed E-state index contributed by atoms with van der Waals surface area (Å²) in [6, 6.07) is 3.94. The maximum absolute atomic E-state index is 9.30. The van der Waals surface area contributed by atoms with Gasteiger partial charge in [0, 0.05) is 23.5 Å². The number of hydrogen-bond acceptors (Lipinski definition) is 4. The molecular formula is C15H19NO3. The average Bonchev–Trinajstić information content (AvgIpc) is 3.04. The van der Waals surface area contributed by atoms with E-state index in [4.69, 9.17) is 9.47 Å². The molecule has 0 heterocycles. The standard InChI is InChI=1S/C15H19NO3/c1-18-10-7-11-14(13(8-10)19-2)12(16-17)9-15(11)5-3-4-6-15/h7-8,17H,3-6,9H2,1-2H3/b16-12-. The van der Waals surface area contributed by atoms with Gasteiger partial charge >= 0.3 is 0 Å². The molecule has 0 radical (unpaired) electrons. The summed E-state index contributed by atoms with van der Waals surface area (Å²) in [6.45, 7) is 0. The average molecular weight is 261 g/mol. The summed E-state index contributed by atoms with van der Waals surface area (Å²) < 4.78 is 10.8. The summed E-state index contributed by atoms with van der Waals surface area (Å²) in [5, 5.41) is 12.8. The fourth-order valence-electron chi connectivity index (χ4n) is 3.67. The molecule has 1 aromatic carbocycles. The molecule has 0 aromatic heterocycles. The van der Waals surface area contributed by atoms with Gasteiger partial charge in [0.1, 0.15) is 11.5 Å². The van der Waals surface area contributed by atoms with Gasteiger partial charge in [-0.15, -0.1) is 0 Å². The molecule has 0 saturated heterocycles. The lowest BCUT2D eigenvalue weighted by Crippen LogP contribution is -2.18. The summed E-state index contributed by atoms with van der Waals surface area (Å²) in [7, 11) is 3.31. The third-order valence-electron chi connectivity index (χ3n) is 4.58. The van der Waals surface area contributed by atoms with E-state index in [1.165, 1.54) is 18.4 Å². The molecule has 1 saturated carbocycles. The van der Waals surface area contributed by atoms with Crippen molar-refractivity contribution in [2.75, 3.05) is 14.2 Å².